The summed E-state index contributed by atoms with van der Waals surface area (Å²) in [5.74, 6) is -1.34. The van der Waals surface area contributed by atoms with Gasteiger partial charge in [0.2, 0.25) is 0 Å². The van der Waals surface area contributed by atoms with Gasteiger partial charge in [0, 0.05) is 11.0 Å². The number of methoxy groups -OCH3 is 3. The minimum absolute atomic E-state index is 0.0692. The van der Waals surface area contributed by atoms with Gasteiger partial charge < -0.3 is 24.3 Å². The monoisotopic (exact) mass is 410 g/mol. The maximum atomic E-state index is 12.6. The Hall–Kier alpha value is -3.63. The average Bonchev–Trinajstić information content (AvgIpc) is 3.18. The first-order valence-corrected chi connectivity index (χ1v) is 8.82. The molecule has 3 aromatic rings. The van der Waals surface area contributed by atoms with Crippen molar-refractivity contribution in [1.29, 1.82) is 0 Å². The van der Waals surface area contributed by atoms with Crippen molar-refractivity contribution in [3.63, 3.8) is 0 Å². The highest BCUT2D eigenvalue weighted by Gasteiger charge is 2.32. The first-order valence-electron chi connectivity index (χ1n) is 8.82. The van der Waals surface area contributed by atoms with E-state index in [0.717, 1.165) is 0 Å². The van der Waals surface area contributed by atoms with Gasteiger partial charge in [-0.15, -0.1) is 0 Å². The van der Waals surface area contributed by atoms with Crippen LogP contribution in [0.15, 0.2) is 48.5 Å². The zero-order valence-electron chi connectivity index (χ0n) is 16.5. The van der Waals surface area contributed by atoms with E-state index in [9.17, 15) is 19.6 Å². The molecule has 0 unspecified atom stereocenters. The van der Waals surface area contributed by atoms with Crippen LogP contribution >= 0.6 is 0 Å². The number of ether oxygens (including phenoxy) is 3. The summed E-state index contributed by atoms with van der Waals surface area (Å²) in [5.41, 5.74) is 0.809. The molecule has 0 aliphatic heterocycles. The Kier molecular flexibility index (Phi) is 6.19. The van der Waals surface area contributed by atoms with Crippen LogP contribution in [0.4, 0.5) is 0 Å². The molecule has 0 atom stereocenters. The highest BCUT2D eigenvalue weighted by Crippen LogP contribution is 2.30. The number of aromatic nitrogens is 2. The Morgan fingerprint density at radius 2 is 1.63 bits per heavy atom. The number of nitrogens with zero attached hydrogens (tertiary/aromatic N) is 2. The summed E-state index contributed by atoms with van der Waals surface area (Å²) in [5, 5.41) is 23.8. The van der Waals surface area contributed by atoms with Crippen LogP contribution in [-0.4, -0.2) is 60.2 Å². The Bertz CT molecular complexity index is 1080. The molecule has 9 nitrogen and oxygen atoms in total. The van der Waals surface area contributed by atoms with Gasteiger partial charge in [0.25, 0.3) is 0 Å². The molecule has 0 saturated carbocycles. The second-order valence-electron chi connectivity index (χ2n) is 6.13. The van der Waals surface area contributed by atoms with Crippen LogP contribution in [0.5, 0.6) is 5.75 Å². The molecule has 0 aliphatic carbocycles. The second-order valence-corrected chi connectivity index (χ2v) is 6.13. The number of benzene rings is 2. The van der Waals surface area contributed by atoms with Gasteiger partial charge in [-0.25, -0.2) is 14.3 Å². The van der Waals surface area contributed by atoms with E-state index in [-0.39, 0.29) is 28.2 Å². The Morgan fingerprint density at radius 1 is 0.967 bits per heavy atom. The van der Waals surface area contributed by atoms with Crippen LogP contribution in [-0.2, 0) is 9.47 Å². The first-order chi connectivity index (χ1) is 14.4. The smallest absolute Gasteiger partial charge is 0.492 e. The van der Waals surface area contributed by atoms with E-state index in [2.05, 4.69) is 5.10 Å². The van der Waals surface area contributed by atoms with Crippen molar-refractivity contribution >= 4 is 24.5 Å². The summed E-state index contributed by atoms with van der Waals surface area (Å²) < 4.78 is 16.2. The van der Waals surface area contributed by atoms with E-state index in [0.29, 0.717) is 11.3 Å². The summed E-state index contributed by atoms with van der Waals surface area (Å²) in [6, 6.07) is 13.2. The van der Waals surface area contributed by atoms with E-state index >= 15 is 0 Å². The summed E-state index contributed by atoms with van der Waals surface area (Å²) in [6.07, 6.45) is 0. The number of para-hydroxylation sites is 1. The molecule has 3 rings (SSSR count). The first kappa shape index (κ1) is 21.1. The number of esters is 2. The third kappa shape index (κ3) is 3.78. The summed E-state index contributed by atoms with van der Waals surface area (Å²) >= 11 is 0. The van der Waals surface area contributed by atoms with E-state index in [1.54, 1.807) is 36.4 Å². The number of carbonyl (C=O) groups excluding carboxylic acids is 2. The molecular weight excluding hydrogens is 391 g/mol. The molecule has 0 fully saturated rings. The van der Waals surface area contributed by atoms with Crippen LogP contribution in [0.3, 0.4) is 0 Å². The molecule has 0 amide bonds. The Labute approximate surface area is 172 Å². The van der Waals surface area contributed by atoms with Crippen LogP contribution < -0.4 is 10.2 Å². The van der Waals surface area contributed by atoms with E-state index in [1.165, 1.54) is 38.1 Å². The number of carbonyl (C=O) groups is 2. The van der Waals surface area contributed by atoms with Gasteiger partial charge in [-0.3, -0.25) is 0 Å². The molecule has 1 aromatic heterocycles. The number of hydrogen-bond acceptors (Lipinski definition) is 8. The Balaban J connectivity index is 2.35. The van der Waals surface area contributed by atoms with Crippen LogP contribution in [0.2, 0.25) is 0 Å². The molecular formula is C20H19BN2O7. The number of rotatable bonds is 6. The highest BCUT2D eigenvalue weighted by molar-refractivity contribution is 6.59. The van der Waals surface area contributed by atoms with Crippen molar-refractivity contribution in [2.75, 3.05) is 21.3 Å². The summed E-state index contributed by atoms with van der Waals surface area (Å²) in [6.45, 7) is 0. The quantitative estimate of drug-likeness (QED) is 0.453. The fraction of sp³-hybridized carbons (Fsp3) is 0.150. The van der Waals surface area contributed by atoms with Gasteiger partial charge in [0.05, 0.1) is 27.0 Å². The average molecular weight is 410 g/mol. The molecule has 0 spiro atoms. The minimum atomic E-state index is -1.82. The lowest BCUT2D eigenvalue weighted by molar-refractivity contribution is 0.0549. The van der Waals surface area contributed by atoms with E-state index in [1.807, 2.05) is 0 Å². The van der Waals surface area contributed by atoms with Gasteiger partial charge in [-0.2, -0.15) is 5.10 Å². The Morgan fingerprint density at radius 3 is 2.20 bits per heavy atom. The fourth-order valence-corrected chi connectivity index (χ4v) is 3.04. The van der Waals surface area contributed by atoms with Gasteiger partial charge in [-0.1, -0.05) is 18.2 Å². The zero-order valence-corrected chi connectivity index (χ0v) is 16.5. The van der Waals surface area contributed by atoms with Crippen LogP contribution in [0.1, 0.15) is 20.8 Å². The van der Waals surface area contributed by atoms with Gasteiger partial charge >= 0.3 is 19.1 Å². The highest BCUT2D eigenvalue weighted by atomic mass is 16.5. The van der Waals surface area contributed by atoms with Crippen molar-refractivity contribution in [3.8, 4) is 22.7 Å². The topological polar surface area (TPSA) is 120 Å². The van der Waals surface area contributed by atoms with Crippen molar-refractivity contribution in [2.45, 2.75) is 0 Å². The second kappa shape index (κ2) is 8.81. The van der Waals surface area contributed by atoms with Crippen molar-refractivity contribution in [2.24, 2.45) is 0 Å². The van der Waals surface area contributed by atoms with Crippen molar-refractivity contribution in [3.05, 3.63) is 59.8 Å². The zero-order chi connectivity index (χ0) is 21.8. The van der Waals surface area contributed by atoms with Gasteiger partial charge in [0.15, 0.2) is 5.69 Å². The fourth-order valence-electron chi connectivity index (χ4n) is 3.04. The lowest BCUT2D eigenvalue weighted by Gasteiger charge is -2.10. The predicted octanol–water partition coefficient (Wildman–Crippen LogP) is 0.801. The molecule has 154 valence electrons. The maximum absolute atomic E-state index is 12.6. The van der Waals surface area contributed by atoms with Gasteiger partial charge in [-0.05, 0) is 30.3 Å². The molecule has 0 bridgehead atoms. The third-order valence-corrected chi connectivity index (χ3v) is 4.44. The van der Waals surface area contributed by atoms with Crippen molar-refractivity contribution in [1.82, 2.24) is 9.78 Å². The third-order valence-electron chi connectivity index (χ3n) is 4.44. The molecule has 0 aliphatic rings. The normalized spacial score (nSPS) is 10.4. The standard InChI is InChI=1S/C20H19BN2O7/c1-28-15-10-9-12(11-14(15)21(26)27)17-16(19(24)29-2)18(20(25)30-3)23(22-17)13-7-5-4-6-8-13/h4-11,26-27H,1-3H3. The predicted molar refractivity (Wildman–Crippen MR) is 108 cm³/mol. The SMILES string of the molecule is COC(=O)c1c(-c2ccc(OC)c(B(O)O)c2)nn(-c2ccccc2)c1C(=O)OC. The molecule has 1 heterocycles. The molecule has 0 radical (unpaired) electrons. The lowest BCUT2D eigenvalue weighted by Crippen LogP contribution is -2.31. The molecule has 2 aromatic carbocycles. The largest absolute Gasteiger partial charge is 0.497 e. The van der Waals surface area contributed by atoms with Crippen molar-refractivity contribution < 1.29 is 33.8 Å². The van der Waals surface area contributed by atoms with Crippen LogP contribution in [0.25, 0.3) is 16.9 Å². The van der Waals surface area contributed by atoms with Gasteiger partial charge in [0.1, 0.15) is 17.0 Å². The summed E-state index contributed by atoms with van der Waals surface area (Å²) in [4.78, 5) is 25.2. The molecule has 2 N–H and O–H groups in total. The molecule has 10 heteroatoms. The molecule has 0 saturated heterocycles. The lowest BCUT2D eigenvalue weighted by atomic mass is 9.78. The number of hydrogen-bond donors (Lipinski definition) is 2. The van der Waals surface area contributed by atoms with Crippen LogP contribution in [0, 0.1) is 0 Å². The maximum Gasteiger partial charge on any atom is 0.492 e. The van der Waals surface area contributed by atoms with E-state index in [4.69, 9.17) is 14.2 Å². The summed E-state index contributed by atoms with van der Waals surface area (Å²) in [7, 11) is 1.95. The molecule has 30 heavy (non-hydrogen) atoms. The van der Waals surface area contributed by atoms with E-state index < -0.39 is 19.1 Å². The minimum Gasteiger partial charge on any atom is -0.497 e.